The van der Waals surface area contributed by atoms with Gasteiger partial charge in [0, 0.05) is 29.5 Å². The van der Waals surface area contributed by atoms with E-state index in [0.717, 1.165) is 60.9 Å². The van der Waals surface area contributed by atoms with Crippen LogP contribution in [0.5, 0.6) is 5.75 Å². The Morgan fingerprint density at radius 1 is 1.00 bits per heavy atom. The van der Waals surface area contributed by atoms with Gasteiger partial charge in [-0.05, 0) is 107 Å². The maximum absolute atomic E-state index is 14.0. The number of amides is 1. The van der Waals surface area contributed by atoms with Crippen molar-refractivity contribution in [1.29, 1.82) is 0 Å². The number of aryl methyl sites for hydroxylation is 1. The smallest absolute Gasteiger partial charge is 0.492 e. The zero-order valence-electron chi connectivity index (χ0n) is 25.5. The van der Waals surface area contributed by atoms with Gasteiger partial charge in [-0.2, -0.15) is 0 Å². The van der Waals surface area contributed by atoms with Gasteiger partial charge in [0.2, 0.25) is 0 Å². The molecule has 2 N–H and O–H groups in total. The fourth-order valence-corrected chi connectivity index (χ4v) is 8.06. The van der Waals surface area contributed by atoms with Crippen molar-refractivity contribution in [2.75, 3.05) is 27.2 Å². The summed E-state index contributed by atoms with van der Waals surface area (Å²) in [5.41, 5.74) is 3.27. The van der Waals surface area contributed by atoms with Crippen LogP contribution >= 0.6 is 11.6 Å². The first-order chi connectivity index (χ1) is 21.1. The molecule has 9 heteroatoms. The van der Waals surface area contributed by atoms with Crippen LogP contribution in [0.4, 0.5) is 4.79 Å². The maximum Gasteiger partial charge on any atom is 0.507 e. The Bertz CT molecular complexity index is 1530. The molecule has 0 unspecified atom stereocenters. The lowest BCUT2D eigenvalue weighted by atomic mass is 9.52. The van der Waals surface area contributed by atoms with Crippen LogP contribution in [0.3, 0.4) is 0 Å². The average Bonchev–Trinajstić information content (AvgIpc) is 2.98. The minimum atomic E-state index is -1.36. The largest absolute Gasteiger partial charge is 0.507 e. The van der Waals surface area contributed by atoms with Crippen LogP contribution in [0.2, 0.25) is 5.02 Å². The monoisotopic (exact) mass is 617 g/mol. The number of carbonyl (C=O) groups excluding carboxylic acids is 1. The molecule has 0 spiro atoms. The van der Waals surface area contributed by atoms with Crippen molar-refractivity contribution in [1.82, 2.24) is 15.2 Å². The van der Waals surface area contributed by atoms with E-state index in [1.807, 2.05) is 63.5 Å². The number of nitrogens with zero attached hydrogens (tertiary/aromatic N) is 2. The molecule has 1 aromatic heterocycles. The second-order valence-electron chi connectivity index (χ2n) is 13.0. The Morgan fingerprint density at radius 3 is 2.36 bits per heavy atom. The van der Waals surface area contributed by atoms with Crippen LogP contribution < -0.4 is 10.1 Å². The SMILES string of the molecule is Cc1ccccc1-c1ccc(C(=O)NC2(OC(=O)O)C3CC4CC(C3)CC2C4)nc1-c1ccc(Cl)c(OCCCN(C)C)c1. The van der Waals surface area contributed by atoms with Gasteiger partial charge in [0.25, 0.3) is 5.91 Å². The highest BCUT2D eigenvalue weighted by molar-refractivity contribution is 6.32. The van der Waals surface area contributed by atoms with Crippen molar-refractivity contribution in [2.45, 2.75) is 51.2 Å². The average molecular weight is 618 g/mol. The Labute approximate surface area is 263 Å². The number of nitrogens with one attached hydrogen (secondary N) is 1. The lowest BCUT2D eigenvalue weighted by Gasteiger charge is -2.59. The molecule has 44 heavy (non-hydrogen) atoms. The maximum atomic E-state index is 14.0. The second kappa shape index (κ2) is 12.4. The molecule has 1 heterocycles. The molecule has 4 bridgehead atoms. The summed E-state index contributed by atoms with van der Waals surface area (Å²) in [6.45, 7) is 3.45. The molecule has 0 radical (unpaired) electrons. The Kier molecular flexibility index (Phi) is 8.57. The highest BCUT2D eigenvalue weighted by atomic mass is 35.5. The van der Waals surface area contributed by atoms with Crippen molar-refractivity contribution in [3.63, 3.8) is 0 Å². The summed E-state index contributed by atoms with van der Waals surface area (Å²) in [5, 5.41) is 13.3. The van der Waals surface area contributed by atoms with E-state index in [4.69, 9.17) is 26.1 Å². The first kappa shape index (κ1) is 30.4. The van der Waals surface area contributed by atoms with Crippen LogP contribution in [0.25, 0.3) is 22.4 Å². The molecular weight excluding hydrogens is 578 g/mol. The van der Waals surface area contributed by atoms with Gasteiger partial charge in [0.05, 0.1) is 17.3 Å². The number of halogens is 1. The van der Waals surface area contributed by atoms with Crippen molar-refractivity contribution in [3.05, 3.63) is 70.9 Å². The third-order valence-corrected chi connectivity index (χ3v) is 10.0. The van der Waals surface area contributed by atoms with Gasteiger partial charge in [0.15, 0.2) is 5.72 Å². The number of ether oxygens (including phenoxy) is 2. The zero-order chi connectivity index (χ0) is 31.0. The molecule has 0 atom stereocenters. The van der Waals surface area contributed by atoms with E-state index < -0.39 is 17.8 Å². The molecule has 0 aliphatic heterocycles. The molecule has 1 amide bonds. The number of pyridine rings is 1. The third kappa shape index (κ3) is 6.02. The standard InChI is InChI=1S/C35H40ClN3O5/c1-21-7-4-5-8-27(21)28-10-12-30(37-32(28)24-9-11-29(36)31(20-24)43-14-6-13-39(2)3)33(40)38-35(44-34(41)42)25-16-22-15-23(18-25)19-26(35)17-22/h4-5,7-12,20,22-23,25-26H,6,13-19H2,1-3H3,(H,38,40)(H,41,42). The Balaban J connectivity index is 1.36. The number of rotatable bonds is 10. The third-order valence-electron chi connectivity index (χ3n) is 9.69. The fraction of sp³-hybridized carbons (Fsp3) is 0.457. The number of aromatic nitrogens is 1. The van der Waals surface area contributed by atoms with Gasteiger partial charge in [-0.1, -0.05) is 41.9 Å². The van der Waals surface area contributed by atoms with E-state index >= 15 is 0 Å². The van der Waals surface area contributed by atoms with Crippen LogP contribution in [-0.2, 0) is 4.74 Å². The van der Waals surface area contributed by atoms with Crippen molar-refractivity contribution >= 4 is 23.7 Å². The minimum absolute atomic E-state index is 0.0343. The topological polar surface area (TPSA) is 101 Å². The lowest BCUT2D eigenvalue weighted by molar-refractivity contribution is -0.191. The Hall–Kier alpha value is -3.62. The van der Waals surface area contributed by atoms with Crippen LogP contribution in [0, 0.1) is 30.6 Å². The first-order valence-corrected chi connectivity index (χ1v) is 15.9. The number of hydrogen-bond donors (Lipinski definition) is 2. The molecule has 3 aromatic rings. The minimum Gasteiger partial charge on any atom is -0.492 e. The van der Waals surface area contributed by atoms with E-state index in [0.29, 0.717) is 34.9 Å². The van der Waals surface area contributed by atoms with Crippen LogP contribution in [-0.4, -0.2) is 60.0 Å². The fourth-order valence-electron chi connectivity index (χ4n) is 7.89. The molecular formula is C35H40ClN3O5. The quantitative estimate of drug-likeness (QED) is 0.140. The van der Waals surface area contributed by atoms with Crippen LogP contribution in [0.1, 0.15) is 54.6 Å². The highest BCUT2D eigenvalue weighted by Crippen LogP contribution is 2.58. The number of benzene rings is 2. The van der Waals surface area contributed by atoms with Crippen molar-refractivity contribution in [2.24, 2.45) is 23.7 Å². The summed E-state index contributed by atoms with van der Waals surface area (Å²) in [6, 6.07) is 17.2. The molecule has 4 aliphatic rings. The van der Waals surface area contributed by atoms with E-state index in [-0.39, 0.29) is 17.5 Å². The van der Waals surface area contributed by atoms with Gasteiger partial charge in [0.1, 0.15) is 11.4 Å². The molecule has 0 saturated heterocycles. The summed E-state index contributed by atoms with van der Waals surface area (Å²) >= 11 is 6.53. The van der Waals surface area contributed by atoms with Gasteiger partial charge < -0.3 is 24.8 Å². The van der Waals surface area contributed by atoms with E-state index in [9.17, 15) is 14.7 Å². The summed E-state index contributed by atoms with van der Waals surface area (Å²) in [7, 11) is 4.04. The van der Waals surface area contributed by atoms with E-state index in [1.54, 1.807) is 12.1 Å². The van der Waals surface area contributed by atoms with Crippen LogP contribution in [0.15, 0.2) is 54.6 Å². The summed E-state index contributed by atoms with van der Waals surface area (Å²) in [5.74, 6) is 1.19. The van der Waals surface area contributed by atoms with Crippen molar-refractivity contribution in [3.8, 4) is 28.1 Å². The molecule has 4 saturated carbocycles. The van der Waals surface area contributed by atoms with Crippen molar-refractivity contribution < 1.29 is 24.2 Å². The number of carbonyl (C=O) groups is 2. The summed E-state index contributed by atoms with van der Waals surface area (Å²) in [6.07, 6.45) is 4.15. The van der Waals surface area contributed by atoms with E-state index in [1.165, 1.54) is 6.42 Å². The summed E-state index contributed by atoms with van der Waals surface area (Å²) < 4.78 is 11.7. The molecule has 4 fully saturated rings. The Morgan fingerprint density at radius 2 is 1.70 bits per heavy atom. The lowest BCUT2D eigenvalue weighted by Crippen LogP contribution is -2.68. The molecule has 2 aromatic carbocycles. The molecule has 8 nitrogen and oxygen atoms in total. The normalized spacial score (nSPS) is 25.2. The van der Waals surface area contributed by atoms with Gasteiger partial charge >= 0.3 is 6.16 Å². The number of hydrogen-bond acceptors (Lipinski definition) is 6. The predicted octanol–water partition coefficient (Wildman–Crippen LogP) is 7.28. The molecule has 7 rings (SSSR count). The second-order valence-corrected chi connectivity index (χ2v) is 13.4. The predicted molar refractivity (Wildman–Crippen MR) is 170 cm³/mol. The first-order valence-electron chi connectivity index (χ1n) is 15.5. The zero-order valence-corrected chi connectivity index (χ0v) is 26.3. The van der Waals surface area contributed by atoms with Gasteiger partial charge in [-0.25, -0.2) is 9.78 Å². The number of carboxylic acid groups (broad SMARTS) is 1. The molecule has 232 valence electrons. The van der Waals surface area contributed by atoms with Gasteiger partial charge in [-0.15, -0.1) is 0 Å². The van der Waals surface area contributed by atoms with E-state index in [2.05, 4.69) is 10.2 Å². The highest BCUT2D eigenvalue weighted by Gasteiger charge is 2.60. The van der Waals surface area contributed by atoms with Gasteiger partial charge in [-0.3, -0.25) is 4.79 Å². The molecule has 4 aliphatic carbocycles. The summed E-state index contributed by atoms with van der Waals surface area (Å²) in [4.78, 5) is 33.0.